The summed E-state index contributed by atoms with van der Waals surface area (Å²) < 4.78 is 39.6. The third-order valence-corrected chi connectivity index (χ3v) is 6.13. The minimum atomic E-state index is -4.40. The van der Waals surface area contributed by atoms with Crippen LogP contribution >= 0.6 is 11.3 Å². The molecule has 0 radical (unpaired) electrons. The van der Waals surface area contributed by atoms with E-state index in [0.717, 1.165) is 16.8 Å². The molecule has 1 aromatic heterocycles. The summed E-state index contributed by atoms with van der Waals surface area (Å²) in [6, 6.07) is 11.3. The van der Waals surface area contributed by atoms with Crippen molar-refractivity contribution in [1.29, 1.82) is 0 Å². The number of non-ortho nitro benzene ring substituents is 1. The van der Waals surface area contributed by atoms with Gasteiger partial charge in [0.15, 0.2) is 0 Å². The maximum atomic E-state index is 12.9. The Kier molecular flexibility index (Phi) is 5.10. The molecule has 0 unspecified atom stereocenters. The lowest BCUT2D eigenvalue weighted by Crippen LogP contribution is -2.48. The number of anilines is 1. The van der Waals surface area contributed by atoms with Crippen LogP contribution < -0.4 is 4.90 Å². The number of nitrogens with zero attached hydrogens (tertiary/aromatic N) is 3. The third-order valence-electron chi connectivity index (χ3n) is 5.03. The van der Waals surface area contributed by atoms with Gasteiger partial charge in [-0.3, -0.25) is 14.9 Å². The first-order valence-electron chi connectivity index (χ1n) is 9.12. The number of fused-ring (bicyclic) bond motifs is 1. The van der Waals surface area contributed by atoms with Gasteiger partial charge in [0.25, 0.3) is 11.6 Å². The van der Waals surface area contributed by atoms with Crippen LogP contribution in [0.5, 0.6) is 0 Å². The maximum Gasteiger partial charge on any atom is 0.416 e. The van der Waals surface area contributed by atoms with Crippen LogP contribution in [0.1, 0.15) is 15.2 Å². The van der Waals surface area contributed by atoms with Gasteiger partial charge in [-0.05, 0) is 30.3 Å². The fourth-order valence-electron chi connectivity index (χ4n) is 3.45. The largest absolute Gasteiger partial charge is 0.416 e. The summed E-state index contributed by atoms with van der Waals surface area (Å²) >= 11 is 1.27. The zero-order chi connectivity index (χ0) is 21.5. The van der Waals surface area contributed by atoms with Crippen LogP contribution in [0, 0.1) is 10.1 Å². The molecule has 4 rings (SSSR count). The minimum Gasteiger partial charge on any atom is -0.368 e. The Labute approximate surface area is 173 Å². The van der Waals surface area contributed by atoms with E-state index in [1.54, 1.807) is 23.1 Å². The fraction of sp³-hybridized carbons (Fsp3) is 0.250. The molecule has 10 heteroatoms. The third kappa shape index (κ3) is 3.95. The van der Waals surface area contributed by atoms with Crippen molar-refractivity contribution in [2.75, 3.05) is 31.1 Å². The van der Waals surface area contributed by atoms with E-state index in [1.807, 2.05) is 4.90 Å². The van der Waals surface area contributed by atoms with E-state index in [-0.39, 0.29) is 11.6 Å². The number of benzene rings is 2. The van der Waals surface area contributed by atoms with Crippen molar-refractivity contribution >= 4 is 38.7 Å². The highest BCUT2D eigenvalue weighted by Crippen LogP contribution is 2.33. The van der Waals surface area contributed by atoms with Crippen molar-refractivity contribution in [3.8, 4) is 0 Å². The van der Waals surface area contributed by atoms with Gasteiger partial charge in [0.05, 0.1) is 15.4 Å². The zero-order valence-electron chi connectivity index (χ0n) is 15.6. The molecule has 3 aromatic rings. The summed E-state index contributed by atoms with van der Waals surface area (Å²) in [5.41, 5.74) is -0.252. The first kappa shape index (κ1) is 20.1. The lowest BCUT2D eigenvalue weighted by atomic mass is 10.1. The van der Waals surface area contributed by atoms with Gasteiger partial charge >= 0.3 is 6.18 Å². The predicted octanol–water partition coefficient (Wildman–Crippen LogP) is 4.79. The summed E-state index contributed by atoms with van der Waals surface area (Å²) in [5.74, 6) is -0.178. The molecule has 30 heavy (non-hydrogen) atoms. The van der Waals surface area contributed by atoms with Crippen LogP contribution in [-0.4, -0.2) is 41.9 Å². The number of halogens is 3. The summed E-state index contributed by atoms with van der Waals surface area (Å²) in [5, 5.41) is 11.6. The number of carbonyl (C=O) groups is 1. The van der Waals surface area contributed by atoms with E-state index < -0.39 is 16.7 Å². The molecule has 1 aliphatic rings. The topological polar surface area (TPSA) is 66.7 Å². The molecule has 0 atom stereocenters. The normalized spacial score (nSPS) is 14.9. The number of rotatable bonds is 3. The van der Waals surface area contributed by atoms with E-state index in [1.165, 1.54) is 29.5 Å². The Morgan fingerprint density at radius 2 is 1.77 bits per heavy atom. The highest BCUT2D eigenvalue weighted by atomic mass is 32.1. The van der Waals surface area contributed by atoms with Crippen LogP contribution in [0.25, 0.3) is 10.1 Å². The molecule has 0 saturated carbocycles. The van der Waals surface area contributed by atoms with Gasteiger partial charge in [0, 0.05) is 54.1 Å². The summed E-state index contributed by atoms with van der Waals surface area (Å²) in [6.07, 6.45) is -4.40. The number of thiophene rings is 1. The average molecular weight is 435 g/mol. The monoisotopic (exact) mass is 435 g/mol. The Morgan fingerprint density at radius 3 is 2.43 bits per heavy atom. The van der Waals surface area contributed by atoms with Crippen LogP contribution in [0.15, 0.2) is 48.5 Å². The molecule has 0 N–H and O–H groups in total. The second-order valence-corrected chi connectivity index (χ2v) is 8.00. The van der Waals surface area contributed by atoms with Gasteiger partial charge < -0.3 is 9.80 Å². The number of piperazine rings is 1. The van der Waals surface area contributed by atoms with Gasteiger partial charge in [0.2, 0.25) is 0 Å². The summed E-state index contributed by atoms with van der Waals surface area (Å²) in [4.78, 5) is 27.3. The Morgan fingerprint density at radius 1 is 1.03 bits per heavy atom. The van der Waals surface area contributed by atoms with E-state index in [2.05, 4.69) is 0 Å². The SMILES string of the molecule is O=C(c1cc2cc([N+](=O)[O-])ccc2s1)N1CCN(c2cccc(C(F)(F)F)c2)CC1. The molecule has 0 spiro atoms. The Hall–Kier alpha value is -3.14. The number of hydrogen-bond acceptors (Lipinski definition) is 5. The first-order chi connectivity index (χ1) is 14.2. The molecule has 6 nitrogen and oxygen atoms in total. The van der Waals surface area contributed by atoms with Crippen molar-refractivity contribution < 1.29 is 22.9 Å². The van der Waals surface area contributed by atoms with Crippen molar-refractivity contribution in [3.05, 3.63) is 69.1 Å². The highest BCUT2D eigenvalue weighted by Gasteiger charge is 2.31. The fourth-order valence-corrected chi connectivity index (χ4v) is 4.46. The average Bonchev–Trinajstić information content (AvgIpc) is 3.16. The van der Waals surface area contributed by atoms with E-state index in [0.29, 0.717) is 42.1 Å². The van der Waals surface area contributed by atoms with Crippen molar-refractivity contribution in [3.63, 3.8) is 0 Å². The molecule has 0 aliphatic carbocycles. The number of hydrogen-bond donors (Lipinski definition) is 0. The molecule has 0 bridgehead atoms. The minimum absolute atomic E-state index is 0.0333. The number of nitro groups is 1. The second-order valence-electron chi connectivity index (χ2n) is 6.92. The number of nitro benzene ring substituents is 1. The Balaban J connectivity index is 1.46. The molecule has 2 heterocycles. The van der Waals surface area contributed by atoms with Crippen LogP contribution in [-0.2, 0) is 6.18 Å². The van der Waals surface area contributed by atoms with Crippen molar-refractivity contribution in [2.45, 2.75) is 6.18 Å². The standard InChI is InChI=1S/C20H16F3N3O3S/c21-20(22,23)14-2-1-3-15(12-14)24-6-8-25(9-7-24)19(27)18-11-13-10-16(26(28)29)4-5-17(13)30-18/h1-5,10-12H,6-9H2. The lowest BCUT2D eigenvalue weighted by molar-refractivity contribution is -0.384. The molecule has 1 aliphatic heterocycles. The molecular formula is C20H16F3N3O3S. The van der Waals surface area contributed by atoms with Crippen LogP contribution in [0.4, 0.5) is 24.5 Å². The van der Waals surface area contributed by atoms with Gasteiger partial charge in [-0.15, -0.1) is 11.3 Å². The van der Waals surface area contributed by atoms with Crippen LogP contribution in [0.2, 0.25) is 0 Å². The number of amides is 1. The van der Waals surface area contributed by atoms with Gasteiger partial charge in [-0.1, -0.05) is 6.07 Å². The molecule has 1 amide bonds. The summed E-state index contributed by atoms with van der Waals surface area (Å²) in [6.45, 7) is 1.60. The molecular weight excluding hydrogens is 419 g/mol. The number of carbonyl (C=O) groups excluding carboxylic acids is 1. The first-order valence-corrected chi connectivity index (χ1v) is 9.93. The van der Waals surface area contributed by atoms with Crippen molar-refractivity contribution in [2.24, 2.45) is 0 Å². The van der Waals surface area contributed by atoms with Gasteiger partial charge in [0.1, 0.15) is 0 Å². The van der Waals surface area contributed by atoms with E-state index in [4.69, 9.17) is 0 Å². The van der Waals surface area contributed by atoms with Gasteiger partial charge in [-0.25, -0.2) is 0 Å². The van der Waals surface area contributed by atoms with Crippen LogP contribution in [0.3, 0.4) is 0 Å². The Bertz CT molecular complexity index is 1120. The van der Waals surface area contributed by atoms with E-state index >= 15 is 0 Å². The highest BCUT2D eigenvalue weighted by molar-refractivity contribution is 7.20. The second kappa shape index (κ2) is 7.60. The predicted molar refractivity (Wildman–Crippen MR) is 108 cm³/mol. The van der Waals surface area contributed by atoms with Gasteiger partial charge in [-0.2, -0.15) is 13.2 Å². The lowest BCUT2D eigenvalue weighted by Gasteiger charge is -2.36. The van der Waals surface area contributed by atoms with E-state index in [9.17, 15) is 28.1 Å². The molecule has 156 valence electrons. The smallest absolute Gasteiger partial charge is 0.368 e. The molecule has 1 saturated heterocycles. The molecule has 1 fully saturated rings. The molecule has 2 aromatic carbocycles. The number of alkyl halides is 3. The quantitative estimate of drug-likeness (QED) is 0.438. The maximum absolute atomic E-state index is 12.9. The summed E-state index contributed by atoms with van der Waals surface area (Å²) in [7, 11) is 0. The zero-order valence-corrected chi connectivity index (χ0v) is 16.4. The van der Waals surface area contributed by atoms with Crippen molar-refractivity contribution in [1.82, 2.24) is 4.90 Å².